The number of hydrogen-bond donors (Lipinski definition) is 2. The molecule has 0 bridgehead atoms. The highest BCUT2D eigenvalue weighted by Gasteiger charge is 2.26. The number of amides is 1. The summed E-state index contributed by atoms with van der Waals surface area (Å²) in [6, 6.07) is 4.20. The van der Waals surface area contributed by atoms with Gasteiger partial charge >= 0.3 is 11.6 Å². The highest BCUT2D eigenvalue weighted by molar-refractivity contribution is 5.87. The van der Waals surface area contributed by atoms with Crippen LogP contribution >= 0.6 is 0 Å². The van der Waals surface area contributed by atoms with E-state index in [0.29, 0.717) is 11.3 Å². The first-order valence-corrected chi connectivity index (χ1v) is 9.56. The van der Waals surface area contributed by atoms with Gasteiger partial charge in [-0.2, -0.15) is 0 Å². The maximum Gasteiger partial charge on any atom is 0.339 e. The van der Waals surface area contributed by atoms with Crippen molar-refractivity contribution < 1.29 is 23.8 Å². The maximum atomic E-state index is 12.3. The molecular weight excluding hydrogens is 362 g/mol. The first kappa shape index (κ1) is 19.9. The van der Waals surface area contributed by atoms with E-state index in [-0.39, 0.29) is 11.5 Å². The number of ether oxygens (including phenoxy) is 1. The second-order valence-corrected chi connectivity index (χ2v) is 7.54. The molecule has 0 aliphatic heterocycles. The van der Waals surface area contributed by atoms with Crippen LogP contribution in [-0.2, 0) is 22.4 Å². The highest BCUT2D eigenvalue weighted by Crippen LogP contribution is 2.29. The highest BCUT2D eigenvalue weighted by atomic mass is 16.5. The zero-order chi connectivity index (χ0) is 20.4. The van der Waals surface area contributed by atoms with Crippen molar-refractivity contribution in [1.29, 1.82) is 0 Å². The van der Waals surface area contributed by atoms with Crippen LogP contribution in [0, 0.1) is 5.92 Å². The van der Waals surface area contributed by atoms with Gasteiger partial charge in [-0.25, -0.2) is 9.59 Å². The van der Waals surface area contributed by atoms with E-state index in [9.17, 15) is 19.5 Å². The standard InChI is InChI=1S/C21H25NO6/c1-11(2)18(20(24)25)22-19(23)12(3)27-13-8-9-15-14-6-4-5-7-16(14)21(26)28-17(15)10-13/h8-12,18H,4-7H2,1-3H3,(H,22,23)(H,24,25)/t12-,18+/m1/s1. The van der Waals surface area contributed by atoms with Gasteiger partial charge in [0.1, 0.15) is 17.4 Å². The monoisotopic (exact) mass is 387 g/mol. The minimum Gasteiger partial charge on any atom is -0.481 e. The summed E-state index contributed by atoms with van der Waals surface area (Å²) in [6.07, 6.45) is 2.72. The number of carbonyl (C=O) groups is 2. The minimum atomic E-state index is -1.09. The van der Waals surface area contributed by atoms with Gasteiger partial charge in [0.05, 0.1) is 0 Å². The molecule has 7 nitrogen and oxygen atoms in total. The second-order valence-electron chi connectivity index (χ2n) is 7.54. The maximum absolute atomic E-state index is 12.3. The number of aryl methyl sites for hydroxylation is 1. The molecule has 150 valence electrons. The molecule has 1 aliphatic carbocycles. The molecule has 0 fully saturated rings. The zero-order valence-electron chi connectivity index (χ0n) is 16.3. The molecule has 3 rings (SSSR count). The average Bonchev–Trinajstić information content (AvgIpc) is 2.65. The summed E-state index contributed by atoms with van der Waals surface area (Å²) in [5.74, 6) is -1.49. The summed E-state index contributed by atoms with van der Waals surface area (Å²) < 4.78 is 11.1. The third-order valence-corrected chi connectivity index (χ3v) is 5.11. The van der Waals surface area contributed by atoms with Crippen molar-refractivity contribution in [2.24, 2.45) is 5.92 Å². The molecule has 1 amide bonds. The number of fused-ring (bicyclic) bond motifs is 3. The SMILES string of the molecule is CC(C)[C@H](NC(=O)[C@@H](C)Oc1ccc2c3c(c(=O)oc2c1)CCCC3)C(=O)O. The van der Waals surface area contributed by atoms with Crippen molar-refractivity contribution in [3.05, 3.63) is 39.7 Å². The lowest BCUT2D eigenvalue weighted by molar-refractivity contribution is -0.144. The van der Waals surface area contributed by atoms with Crippen molar-refractivity contribution in [2.75, 3.05) is 0 Å². The van der Waals surface area contributed by atoms with E-state index in [2.05, 4.69) is 5.32 Å². The van der Waals surface area contributed by atoms with E-state index in [0.717, 1.165) is 42.2 Å². The number of aliphatic carboxylic acids is 1. The summed E-state index contributed by atoms with van der Waals surface area (Å²) in [6.45, 7) is 4.98. The Labute approximate surface area is 162 Å². The van der Waals surface area contributed by atoms with Crippen molar-refractivity contribution in [2.45, 2.75) is 58.6 Å². The summed E-state index contributed by atoms with van der Waals surface area (Å²) in [4.78, 5) is 35.8. The molecule has 28 heavy (non-hydrogen) atoms. The van der Waals surface area contributed by atoms with Gasteiger partial charge in [-0.05, 0) is 56.2 Å². The van der Waals surface area contributed by atoms with E-state index in [4.69, 9.17) is 9.15 Å². The summed E-state index contributed by atoms with van der Waals surface area (Å²) in [5.41, 5.74) is 1.91. The molecule has 1 aliphatic rings. The molecule has 7 heteroatoms. The Morgan fingerprint density at radius 1 is 1.14 bits per heavy atom. The summed E-state index contributed by atoms with van der Waals surface area (Å²) in [5, 5.41) is 12.6. The fraction of sp³-hybridized carbons (Fsp3) is 0.476. The fourth-order valence-electron chi connectivity index (χ4n) is 3.54. The molecule has 0 spiro atoms. The van der Waals surface area contributed by atoms with Crippen molar-refractivity contribution in [3.8, 4) is 5.75 Å². The van der Waals surface area contributed by atoms with Crippen LogP contribution in [0.3, 0.4) is 0 Å². The summed E-state index contributed by atoms with van der Waals surface area (Å²) >= 11 is 0. The van der Waals surface area contributed by atoms with Crippen LogP contribution in [0.15, 0.2) is 27.4 Å². The molecule has 0 radical (unpaired) electrons. The summed E-state index contributed by atoms with van der Waals surface area (Å²) in [7, 11) is 0. The number of benzene rings is 1. The van der Waals surface area contributed by atoms with Gasteiger partial charge in [0.25, 0.3) is 5.91 Å². The lowest BCUT2D eigenvalue weighted by atomic mass is 9.91. The van der Waals surface area contributed by atoms with Crippen LogP contribution in [-0.4, -0.2) is 29.1 Å². The van der Waals surface area contributed by atoms with Gasteiger partial charge in [-0.3, -0.25) is 4.79 Å². The van der Waals surface area contributed by atoms with Crippen LogP contribution in [0.5, 0.6) is 5.75 Å². The predicted octanol–water partition coefficient (Wildman–Crippen LogP) is 2.66. The molecule has 0 saturated carbocycles. The van der Waals surface area contributed by atoms with Crippen molar-refractivity contribution >= 4 is 22.8 Å². The van der Waals surface area contributed by atoms with Gasteiger partial charge in [-0.15, -0.1) is 0 Å². The van der Waals surface area contributed by atoms with Crippen LogP contribution in [0.25, 0.3) is 11.0 Å². The molecule has 0 saturated heterocycles. The number of hydrogen-bond acceptors (Lipinski definition) is 5. The molecule has 1 heterocycles. The largest absolute Gasteiger partial charge is 0.481 e. The van der Waals surface area contributed by atoms with Gasteiger partial charge in [-0.1, -0.05) is 13.8 Å². The quantitative estimate of drug-likeness (QED) is 0.738. The topological polar surface area (TPSA) is 106 Å². The number of rotatable bonds is 6. The van der Waals surface area contributed by atoms with E-state index in [1.54, 1.807) is 32.9 Å². The van der Waals surface area contributed by atoms with Crippen LogP contribution < -0.4 is 15.7 Å². The smallest absolute Gasteiger partial charge is 0.339 e. The molecule has 2 N–H and O–H groups in total. The molecule has 2 atom stereocenters. The van der Waals surface area contributed by atoms with Crippen LogP contribution in [0.2, 0.25) is 0 Å². The Morgan fingerprint density at radius 3 is 2.46 bits per heavy atom. The van der Waals surface area contributed by atoms with Gasteiger partial charge in [0.2, 0.25) is 0 Å². The lowest BCUT2D eigenvalue weighted by Gasteiger charge is -2.21. The minimum absolute atomic E-state index is 0.255. The second kappa shape index (κ2) is 8.04. The number of carbonyl (C=O) groups excluding carboxylic acids is 1. The van der Waals surface area contributed by atoms with E-state index < -0.39 is 24.0 Å². The third kappa shape index (κ3) is 4.03. The molecule has 1 aromatic carbocycles. The molecule has 2 aromatic rings. The van der Waals surface area contributed by atoms with Crippen molar-refractivity contribution in [3.63, 3.8) is 0 Å². The normalized spacial score (nSPS) is 15.7. The fourth-order valence-corrected chi connectivity index (χ4v) is 3.54. The van der Waals surface area contributed by atoms with Crippen LogP contribution in [0.4, 0.5) is 0 Å². The Bertz CT molecular complexity index is 961. The molecular formula is C21H25NO6. The Kier molecular flexibility index (Phi) is 5.72. The lowest BCUT2D eigenvalue weighted by Crippen LogP contribution is -2.48. The Balaban J connectivity index is 1.80. The first-order valence-electron chi connectivity index (χ1n) is 9.56. The predicted molar refractivity (Wildman–Crippen MR) is 104 cm³/mol. The average molecular weight is 387 g/mol. The van der Waals surface area contributed by atoms with Crippen LogP contribution in [0.1, 0.15) is 44.7 Å². The Morgan fingerprint density at radius 2 is 1.82 bits per heavy atom. The van der Waals surface area contributed by atoms with E-state index in [1.165, 1.54) is 0 Å². The number of nitrogens with one attached hydrogen (secondary N) is 1. The molecule has 1 aromatic heterocycles. The third-order valence-electron chi connectivity index (χ3n) is 5.11. The van der Waals surface area contributed by atoms with E-state index >= 15 is 0 Å². The van der Waals surface area contributed by atoms with Gasteiger partial charge in [0, 0.05) is 17.0 Å². The van der Waals surface area contributed by atoms with Gasteiger partial charge < -0.3 is 19.6 Å². The zero-order valence-corrected chi connectivity index (χ0v) is 16.3. The van der Waals surface area contributed by atoms with E-state index in [1.807, 2.05) is 6.07 Å². The molecule has 0 unspecified atom stereocenters. The number of carboxylic acid groups (broad SMARTS) is 1. The van der Waals surface area contributed by atoms with Gasteiger partial charge in [0.15, 0.2) is 6.10 Å². The van der Waals surface area contributed by atoms with Crippen molar-refractivity contribution in [1.82, 2.24) is 5.32 Å². The Hall–Kier alpha value is -2.83. The number of carboxylic acids is 1. The first-order chi connectivity index (χ1) is 13.3.